The monoisotopic (exact) mass is 1480 g/mol. The molecule has 0 saturated carbocycles. The highest BCUT2D eigenvalue weighted by Gasteiger charge is 2.57. The maximum atomic E-state index is 15.0. The first kappa shape index (κ1) is 77.0. The van der Waals surface area contributed by atoms with Crippen LogP contribution in [0.1, 0.15) is 162 Å². The molecule has 3 atom stereocenters. The zero-order chi connectivity index (χ0) is 75.1. The number of hydrogen-bond acceptors (Lipinski definition) is 16. The summed E-state index contributed by atoms with van der Waals surface area (Å²) in [6.07, 6.45) is 1.79. The minimum atomic E-state index is -2.02. The molecule has 0 aromatic heterocycles. The van der Waals surface area contributed by atoms with Crippen molar-refractivity contribution in [3.05, 3.63) is 224 Å². The van der Waals surface area contributed by atoms with Crippen molar-refractivity contribution in [2.75, 3.05) is 40.5 Å². The lowest BCUT2D eigenvalue weighted by Crippen LogP contribution is -2.42. The van der Waals surface area contributed by atoms with Crippen LogP contribution in [0.15, 0.2) is 170 Å². The number of carbonyl (C=O) groups is 5. The van der Waals surface area contributed by atoms with Gasteiger partial charge in [0, 0.05) is 71.5 Å². The number of benzene rings is 8. The average Bonchev–Trinajstić information content (AvgIpc) is 1.53. The number of unbranched alkanes of at least 4 members (excludes halogenated alkanes) is 2. The highest BCUT2D eigenvalue weighted by molar-refractivity contribution is 7.44. The number of nitrogens with zero attached hydrogens (tertiary/aromatic N) is 3. The topological polar surface area (TPSA) is 211 Å². The van der Waals surface area contributed by atoms with Gasteiger partial charge in [0.15, 0.2) is 5.60 Å². The first-order valence-corrected chi connectivity index (χ1v) is 37.3. The van der Waals surface area contributed by atoms with E-state index in [2.05, 4.69) is 43.8 Å². The fourth-order valence-corrected chi connectivity index (χ4v) is 15.9. The molecule has 1 N–H and O–H groups in total. The van der Waals surface area contributed by atoms with Crippen molar-refractivity contribution in [1.82, 2.24) is 14.9 Å². The van der Waals surface area contributed by atoms with Gasteiger partial charge < -0.3 is 52.4 Å². The smallest absolute Gasteiger partial charge is 0.341 e. The number of esters is 3. The fraction of sp³-hybridized carbons (Fsp3) is 0.357. The highest BCUT2D eigenvalue weighted by Crippen LogP contribution is 2.62. The molecule has 3 aliphatic rings. The van der Waals surface area contributed by atoms with Gasteiger partial charge in [-0.15, -0.1) is 0 Å². The van der Waals surface area contributed by atoms with E-state index in [0.717, 1.165) is 16.7 Å². The molecular formula is C84H89Cl2N4O14P. The van der Waals surface area contributed by atoms with E-state index in [1.54, 1.807) is 80.0 Å². The molecule has 0 radical (unpaired) electrons. The Hall–Kier alpha value is -9.15. The third-order valence-corrected chi connectivity index (χ3v) is 21.7. The second-order valence-electron chi connectivity index (χ2n) is 28.9. The van der Waals surface area contributed by atoms with Gasteiger partial charge in [-0.2, -0.15) is 5.26 Å². The van der Waals surface area contributed by atoms with E-state index in [1.165, 1.54) is 6.07 Å². The maximum absolute atomic E-state index is 15.0. The van der Waals surface area contributed by atoms with Gasteiger partial charge in [0.2, 0.25) is 5.91 Å². The fourth-order valence-electron chi connectivity index (χ4n) is 13.6. The van der Waals surface area contributed by atoms with Crippen LogP contribution in [0.2, 0.25) is 10.0 Å². The summed E-state index contributed by atoms with van der Waals surface area (Å²) < 4.78 is 60.3. The van der Waals surface area contributed by atoms with Crippen LogP contribution >= 0.6 is 31.7 Å². The van der Waals surface area contributed by atoms with Gasteiger partial charge in [0.1, 0.15) is 40.1 Å². The van der Waals surface area contributed by atoms with Crippen LogP contribution in [0.3, 0.4) is 0 Å². The van der Waals surface area contributed by atoms with Gasteiger partial charge in [0.25, 0.3) is 14.4 Å². The van der Waals surface area contributed by atoms with Crippen LogP contribution in [0.25, 0.3) is 22.3 Å². The zero-order valence-corrected chi connectivity index (χ0v) is 63.7. The van der Waals surface area contributed by atoms with E-state index in [4.69, 9.17) is 65.4 Å². The molecule has 0 bridgehead atoms. The number of rotatable bonds is 27. The minimum Gasteiger partial charge on any atom is -0.497 e. The molecule has 1 spiro atoms. The number of likely N-dealkylation sites (tertiary alicyclic amines) is 1. The molecule has 1 unspecified atom stereocenters. The molecule has 8 aromatic rings. The van der Waals surface area contributed by atoms with E-state index >= 15 is 4.79 Å². The van der Waals surface area contributed by atoms with Gasteiger partial charge in [0.05, 0.1) is 84.1 Å². The van der Waals surface area contributed by atoms with Crippen molar-refractivity contribution in [2.45, 2.75) is 143 Å². The molecular weight excluding hydrogens is 1390 g/mol. The van der Waals surface area contributed by atoms with Crippen molar-refractivity contribution < 1.29 is 66.2 Å². The van der Waals surface area contributed by atoms with E-state index in [-0.39, 0.29) is 118 Å². The largest absolute Gasteiger partial charge is 0.497 e. The lowest BCUT2D eigenvalue weighted by Gasteiger charge is -2.38. The number of methoxy groups -OCH3 is 2. The van der Waals surface area contributed by atoms with Crippen LogP contribution in [0.5, 0.6) is 34.5 Å². The summed E-state index contributed by atoms with van der Waals surface area (Å²) >= 11 is 14.9. The van der Waals surface area contributed by atoms with Crippen LogP contribution < -0.4 is 29.0 Å². The summed E-state index contributed by atoms with van der Waals surface area (Å²) in [5.74, 6) is -0.809. The first-order chi connectivity index (χ1) is 50.2. The molecule has 548 valence electrons. The Labute approximate surface area is 626 Å². The van der Waals surface area contributed by atoms with Crippen LogP contribution in [-0.2, 0) is 44.1 Å². The molecule has 8 aromatic carbocycles. The molecule has 18 nitrogen and oxygen atoms in total. The van der Waals surface area contributed by atoms with Gasteiger partial charge in [-0.05, 0) is 159 Å². The normalized spacial score (nSPS) is 15.5. The van der Waals surface area contributed by atoms with Crippen molar-refractivity contribution in [3.8, 4) is 62.8 Å². The minimum absolute atomic E-state index is 0.0439. The summed E-state index contributed by atoms with van der Waals surface area (Å²) in [6, 6.07) is 53.8. The van der Waals surface area contributed by atoms with Crippen molar-refractivity contribution in [1.29, 1.82) is 5.26 Å². The Kier molecular flexibility index (Phi) is 24.0. The van der Waals surface area contributed by atoms with Gasteiger partial charge >= 0.3 is 17.9 Å². The summed E-state index contributed by atoms with van der Waals surface area (Å²) in [5.41, 5.74) is 0.0584. The van der Waals surface area contributed by atoms with Crippen molar-refractivity contribution in [2.24, 2.45) is 10.8 Å². The molecule has 11 rings (SSSR count). The molecule has 0 aliphatic carbocycles. The van der Waals surface area contributed by atoms with Gasteiger partial charge in [-0.1, -0.05) is 145 Å². The van der Waals surface area contributed by atoms with Crippen molar-refractivity contribution >= 4 is 61.5 Å². The number of hydrogen-bond donors (Lipinski definition) is 1. The Bertz CT molecular complexity index is 4350. The molecule has 1 saturated heterocycles. The third-order valence-electron chi connectivity index (χ3n) is 18.8. The molecule has 3 aliphatic heterocycles. The molecule has 21 heteroatoms. The van der Waals surface area contributed by atoms with E-state index in [1.807, 2.05) is 144 Å². The standard InChI is InChI=1S/C84H89Cl2N4O14P/c1-52(2)90(53(3)4)105(99-43-25-41-87)104-62-44-59(51-98-83(56-30-21-15-22-31-56,57-33-37-60(96-11)38-34-57)58-35-39-61(97-12)40-36-58)89(50-62)73(91)32-23-16-24-42-88-77(92)65-47-68(85)74-75(76(65)86)84(103-78(74)93)66-45-63(54-26-17-13-18-27-54)69(101-79(94)81(5,6)7)48-71(66)100-72-49-70(102-80(95)82(8,9)10)64(46-67(72)84)55-28-19-14-20-29-55/h13-15,17-22,26-31,33-40,45-49,52-53,59,62H,16,23-25,32,42-44,50-51H2,1-12H3,(H,88,92)/t59-,62+,105?/m0/s1. The summed E-state index contributed by atoms with van der Waals surface area (Å²) in [5, 5.41) is 12.3. The number of carbonyl (C=O) groups excluding carboxylic acids is 5. The first-order valence-electron chi connectivity index (χ1n) is 35.4. The van der Waals surface area contributed by atoms with Crippen molar-refractivity contribution in [3.63, 3.8) is 0 Å². The number of nitrogens with one attached hydrogen (secondary N) is 1. The van der Waals surface area contributed by atoms with E-state index < -0.39 is 66.5 Å². The van der Waals surface area contributed by atoms with Crippen LogP contribution in [0.4, 0.5) is 0 Å². The Morgan fingerprint density at radius 1 is 0.686 bits per heavy atom. The Morgan fingerprint density at radius 3 is 1.68 bits per heavy atom. The summed E-state index contributed by atoms with van der Waals surface area (Å²) in [6.45, 7) is 19.5. The third kappa shape index (κ3) is 16.3. The molecule has 3 heterocycles. The average molecular weight is 1480 g/mol. The zero-order valence-electron chi connectivity index (χ0n) is 61.3. The van der Waals surface area contributed by atoms with E-state index in [9.17, 15) is 24.4 Å². The predicted octanol–water partition coefficient (Wildman–Crippen LogP) is 18.4. The lowest BCUT2D eigenvalue weighted by molar-refractivity contribution is -0.143. The Balaban J connectivity index is 0.891. The second kappa shape index (κ2) is 32.7. The van der Waals surface area contributed by atoms with E-state index in [0.29, 0.717) is 59.4 Å². The molecule has 1 fully saturated rings. The van der Waals surface area contributed by atoms with Crippen LogP contribution in [-0.4, -0.2) is 104 Å². The number of ether oxygens (including phenoxy) is 7. The van der Waals surface area contributed by atoms with Crippen LogP contribution in [0, 0.1) is 22.2 Å². The number of halogens is 2. The quantitative estimate of drug-likeness (QED) is 0.0167. The van der Waals surface area contributed by atoms with Gasteiger partial charge in [-0.3, -0.25) is 19.2 Å². The summed E-state index contributed by atoms with van der Waals surface area (Å²) in [7, 11) is 1.59. The maximum Gasteiger partial charge on any atom is 0.341 e. The highest BCUT2D eigenvalue weighted by atomic mass is 35.5. The molecule has 105 heavy (non-hydrogen) atoms. The second-order valence-corrected chi connectivity index (χ2v) is 31.1. The molecule has 2 amide bonds. The SMILES string of the molecule is COc1ccc(C(OC[C@@H]2C[C@@H](OP(OCCC#N)N(C(C)C)C(C)C)CN2C(=O)CCCCCNC(=O)c2cc(Cl)c3c(c2Cl)C2(OC3=O)c3cc(-c4ccccc4)c(OC(=O)C(C)(C)C)cc3Oc3cc(OC(=O)C(C)(C)C)c(-c4ccccc4)cc32)(c2ccccc2)c2ccc(OC)cc2)cc1. The number of amides is 2. The van der Waals surface area contributed by atoms with Gasteiger partial charge in [-0.25, -0.2) is 9.46 Å². The Morgan fingerprint density at radius 2 is 1.19 bits per heavy atom. The predicted molar refractivity (Wildman–Crippen MR) is 405 cm³/mol. The summed E-state index contributed by atoms with van der Waals surface area (Å²) in [4.78, 5) is 74.4. The number of nitriles is 1. The lowest BCUT2D eigenvalue weighted by atomic mass is 9.75. The number of fused-ring (bicyclic) bond motifs is 6.